The van der Waals surface area contributed by atoms with E-state index in [1.807, 2.05) is 0 Å². The van der Waals surface area contributed by atoms with Crippen molar-refractivity contribution in [3.05, 3.63) is 0 Å². The summed E-state index contributed by atoms with van der Waals surface area (Å²) >= 11 is 0. The molecule has 0 aliphatic heterocycles. The van der Waals surface area contributed by atoms with Crippen LogP contribution in [0.3, 0.4) is 0 Å². The summed E-state index contributed by atoms with van der Waals surface area (Å²) in [6, 6.07) is 0. The van der Waals surface area contributed by atoms with Crippen molar-refractivity contribution < 1.29 is 102 Å². The van der Waals surface area contributed by atoms with Crippen LogP contribution in [-0.2, 0) is 40.3 Å². The van der Waals surface area contributed by atoms with Gasteiger partial charge in [0, 0.05) is 40.3 Å². The van der Waals surface area contributed by atoms with Gasteiger partial charge in [-0.25, -0.2) is 0 Å². The van der Waals surface area contributed by atoms with Crippen LogP contribution < -0.4 is 62.0 Å². The predicted octanol–water partition coefficient (Wildman–Crippen LogP) is -16.2. The Hall–Kier alpha value is 3.28. The molecule has 0 spiro atoms. The van der Waals surface area contributed by atoms with Crippen molar-refractivity contribution in [1.29, 1.82) is 0 Å². The molecule has 0 aromatic rings. The Balaban J connectivity index is 0. The molecule has 0 aliphatic carbocycles. The van der Waals surface area contributed by atoms with Crippen LogP contribution >= 0.6 is 0 Å². The molecular weight excluding hydrogens is 303 g/mol. The van der Waals surface area contributed by atoms with E-state index in [-0.39, 0.29) is 120 Å². The summed E-state index contributed by atoms with van der Waals surface area (Å²) in [4.78, 5) is 0. The summed E-state index contributed by atoms with van der Waals surface area (Å²) in [5.41, 5.74) is 0. The Kier molecular flexibility index (Phi) is 1140. The molecule has 0 heterocycles. The third kappa shape index (κ3) is 59.1. The molecule has 0 fully saturated rings. The third-order valence-corrected chi connectivity index (χ3v) is 0. The van der Waals surface area contributed by atoms with Gasteiger partial charge in [0.05, 0.1) is 0 Å². The second-order valence-corrected chi connectivity index (χ2v) is 0. The van der Waals surface area contributed by atoms with Crippen molar-refractivity contribution in [3.63, 3.8) is 0 Å². The van der Waals surface area contributed by atoms with Gasteiger partial charge in [-0.05, 0) is 0 Å². The maximum Gasteiger partial charge on any atom is 0.187 e. The first-order valence-corrected chi connectivity index (χ1v) is 0. The van der Waals surface area contributed by atoms with Gasteiger partial charge in [-0.15, -0.1) is 0 Å². The molecule has 0 aromatic carbocycles. The fraction of sp³-hybridized carbons (Fsp3) is 0. The molecule has 8 heteroatoms. The summed E-state index contributed by atoms with van der Waals surface area (Å²) in [6.07, 6.45) is 0. The van der Waals surface area contributed by atoms with E-state index in [1.54, 1.807) is 0 Å². The van der Waals surface area contributed by atoms with Gasteiger partial charge in [0.25, 0.3) is 0 Å². The van der Waals surface area contributed by atoms with Crippen LogP contribution in [0.4, 0.5) is 0 Å². The first-order valence-electron chi connectivity index (χ1n) is 0. The zero-order valence-electron chi connectivity index (χ0n) is 2.84. The first-order chi connectivity index (χ1) is 0. The summed E-state index contributed by atoms with van der Waals surface area (Å²) < 4.78 is 0. The minimum absolute atomic E-state index is 0. The van der Waals surface area contributed by atoms with Crippen LogP contribution in [0.5, 0.6) is 0 Å². The van der Waals surface area contributed by atoms with Crippen molar-refractivity contribution in [2.24, 2.45) is 0 Å². The molecular formula is H3AlCl5TiV-5. The molecule has 0 amide bonds. The number of halogens is 5. The van der Waals surface area contributed by atoms with Crippen LogP contribution in [0.1, 0.15) is 0 Å². The maximum atomic E-state index is 0. The van der Waals surface area contributed by atoms with E-state index in [1.165, 1.54) is 0 Å². The summed E-state index contributed by atoms with van der Waals surface area (Å²) in [5.74, 6) is 0. The van der Waals surface area contributed by atoms with Gasteiger partial charge >= 0.3 is 0 Å². The van der Waals surface area contributed by atoms with Crippen molar-refractivity contribution in [3.8, 4) is 0 Å². The third-order valence-electron chi connectivity index (χ3n) is 0. The van der Waals surface area contributed by atoms with Crippen LogP contribution in [0, 0.1) is 0 Å². The van der Waals surface area contributed by atoms with Gasteiger partial charge in [0.15, 0.2) is 17.4 Å². The average Bonchev–Trinajstić information content (AvgIpc) is 0. The molecule has 0 nitrogen and oxygen atoms in total. The number of hydrogen-bond acceptors (Lipinski definition) is 0. The summed E-state index contributed by atoms with van der Waals surface area (Å²) in [7, 11) is 0. The van der Waals surface area contributed by atoms with E-state index in [9.17, 15) is 0 Å². The number of rotatable bonds is 0. The summed E-state index contributed by atoms with van der Waals surface area (Å²) in [6.45, 7) is 0. The van der Waals surface area contributed by atoms with Crippen molar-refractivity contribution in [2.45, 2.75) is 0 Å². The molecule has 8 heavy (non-hydrogen) atoms. The molecule has 0 aromatic heterocycles. The van der Waals surface area contributed by atoms with Crippen molar-refractivity contribution in [2.75, 3.05) is 0 Å². The fourth-order valence-corrected chi connectivity index (χ4v) is 0. The molecule has 0 saturated carbocycles. The van der Waals surface area contributed by atoms with Crippen LogP contribution in [0.25, 0.3) is 0 Å². The predicted molar refractivity (Wildman–Crippen MR) is 9.94 cm³/mol. The van der Waals surface area contributed by atoms with E-state index in [2.05, 4.69) is 0 Å². The molecule has 0 bridgehead atoms. The average molecular weight is 306 g/mol. The second-order valence-electron chi connectivity index (χ2n) is 0. The van der Waals surface area contributed by atoms with Gasteiger partial charge in [-0.1, -0.05) is 0 Å². The van der Waals surface area contributed by atoms with E-state index in [4.69, 9.17) is 0 Å². The summed E-state index contributed by atoms with van der Waals surface area (Å²) in [5, 5.41) is 0. The minimum Gasteiger partial charge on any atom is -1.00 e. The standard InChI is InChI=1S/Al.5ClH.Ti.V.3H/h;5*1H;;;;;/p-5. The van der Waals surface area contributed by atoms with Gasteiger partial charge in [-0.3, -0.25) is 0 Å². The molecule has 0 saturated heterocycles. The molecule has 0 N–H and O–H groups in total. The largest absolute Gasteiger partial charge is 1.00 e. The SMILES string of the molecule is [AlH3].[Cl-].[Cl-].[Cl-].[Cl-].[Cl-].[Ti].[V]. The Morgan fingerprint density at radius 3 is 0.500 bits per heavy atom. The Morgan fingerprint density at radius 1 is 0.500 bits per heavy atom. The van der Waals surface area contributed by atoms with Crippen LogP contribution in [0.2, 0.25) is 0 Å². The van der Waals surface area contributed by atoms with Gasteiger partial charge in [-0.2, -0.15) is 0 Å². The zero-order valence-corrected chi connectivity index (χ0v) is 9.57. The quantitative estimate of drug-likeness (QED) is 0.390. The van der Waals surface area contributed by atoms with Gasteiger partial charge in [0.1, 0.15) is 0 Å². The molecule has 1 radical (unpaired) electrons. The smallest absolute Gasteiger partial charge is 0.187 e. The molecule has 55 valence electrons. The van der Waals surface area contributed by atoms with E-state index in [0.717, 1.165) is 0 Å². The molecule has 0 rings (SSSR count). The van der Waals surface area contributed by atoms with Gasteiger partial charge in [0.2, 0.25) is 0 Å². The second kappa shape index (κ2) is 82.3. The Labute approximate surface area is 118 Å². The topological polar surface area (TPSA) is 0 Å². The molecule has 0 atom stereocenters. The maximum absolute atomic E-state index is 0. The zero-order chi connectivity index (χ0) is 0. The Bertz CT molecular complexity index is 12.4. The normalized spacial score (nSPS) is 0. The van der Waals surface area contributed by atoms with E-state index < -0.39 is 0 Å². The van der Waals surface area contributed by atoms with Crippen molar-refractivity contribution in [1.82, 2.24) is 0 Å². The van der Waals surface area contributed by atoms with Crippen molar-refractivity contribution >= 4 is 17.4 Å². The first kappa shape index (κ1) is 111. The molecule has 0 unspecified atom stereocenters. The van der Waals surface area contributed by atoms with Gasteiger partial charge < -0.3 is 62.0 Å². The van der Waals surface area contributed by atoms with Crippen LogP contribution in [-0.4, -0.2) is 17.4 Å². The number of hydrogen-bond donors (Lipinski definition) is 0. The minimum atomic E-state index is 0. The van der Waals surface area contributed by atoms with E-state index >= 15 is 0 Å². The molecule has 0 aliphatic rings. The van der Waals surface area contributed by atoms with E-state index in [0.29, 0.717) is 0 Å². The monoisotopic (exact) mass is 304 g/mol. The van der Waals surface area contributed by atoms with Crippen LogP contribution in [0.15, 0.2) is 0 Å². The fourth-order valence-electron chi connectivity index (χ4n) is 0. The Morgan fingerprint density at radius 2 is 0.500 bits per heavy atom.